The molecule has 1 aliphatic carbocycles. The van der Waals surface area contributed by atoms with Gasteiger partial charge in [0.15, 0.2) is 0 Å². The van der Waals surface area contributed by atoms with Crippen molar-refractivity contribution in [3.8, 4) is 0 Å². The van der Waals surface area contributed by atoms with Crippen molar-refractivity contribution >= 4 is 21.6 Å². The first-order valence-electron chi connectivity index (χ1n) is 7.30. The molecule has 106 valence electrons. The number of halogens is 1. The van der Waals surface area contributed by atoms with Crippen LogP contribution in [-0.2, 0) is 0 Å². The Morgan fingerprint density at radius 2 is 1.89 bits per heavy atom. The van der Waals surface area contributed by atoms with Crippen LogP contribution >= 0.6 is 15.9 Å². The highest BCUT2D eigenvalue weighted by Crippen LogP contribution is 2.39. The SMILES string of the molecule is CC(C)(C)C1CCC(CNc2ccc(Br)nc2)CC1. The maximum absolute atomic E-state index is 4.24. The van der Waals surface area contributed by atoms with Crippen molar-refractivity contribution in [3.63, 3.8) is 0 Å². The Hall–Kier alpha value is -0.570. The first kappa shape index (κ1) is 14.8. The van der Waals surface area contributed by atoms with Gasteiger partial charge in [0, 0.05) is 6.54 Å². The van der Waals surface area contributed by atoms with Gasteiger partial charge in [0.2, 0.25) is 0 Å². The molecule has 2 rings (SSSR count). The molecule has 1 heterocycles. The Labute approximate surface area is 125 Å². The van der Waals surface area contributed by atoms with Crippen LogP contribution in [0.3, 0.4) is 0 Å². The summed E-state index contributed by atoms with van der Waals surface area (Å²) in [6.45, 7) is 8.22. The molecule has 2 nitrogen and oxygen atoms in total. The van der Waals surface area contributed by atoms with Crippen molar-refractivity contribution in [2.45, 2.75) is 46.5 Å². The first-order chi connectivity index (χ1) is 8.95. The lowest BCUT2D eigenvalue weighted by atomic mass is 9.70. The number of anilines is 1. The topological polar surface area (TPSA) is 24.9 Å². The molecular formula is C16H25BrN2. The van der Waals surface area contributed by atoms with Crippen LogP contribution in [0, 0.1) is 17.3 Å². The standard InChI is InChI=1S/C16H25BrN2/c1-16(2,3)13-6-4-12(5-7-13)10-18-14-8-9-15(17)19-11-14/h8-9,11-13,18H,4-7,10H2,1-3H3. The zero-order valence-corrected chi connectivity index (χ0v) is 13.8. The fourth-order valence-corrected chi connectivity index (χ4v) is 3.21. The van der Waals surface area contributed by atoms with Gasteiger partial charge in [-0.15, -0.1) is 0 Å². The molecule has 0 aromatic carbocycles. The maximum Gasteiger partial charge on any atom is 0.106 e. The van der Waals surface area contributed by atoms with Crippen molar-refractivity contribution in [3.05, 3.63) is 22.9 Å². The van der Waals surface area contributed by atoms with Gasteiger partial charge in [-0.1, -0.05) is 20.8 Å². The van der Waals surface area contributed by atoms with Gasteiger partial charge in [-0.3, -0.25) is 0 Å². The van der Waals surface area contributed by atoms with Crippen LogP contribution in [0.4, 0.5) is 5.69 Å². The molecule has 1 N–H and O–H groups in total. The molecule has 0 saturated heterocycles. The molecule has 0 spiro atoms. The van der Waals surface area contributed by atoms with E-state index in [-0.39, 0.29) is 0 Å². The van der Waals surface area contributed by atoms with E-state index in [0.29, 0.717) is 5.41 Å². The molecule has 0 aliphatic heterocycles. The molecule has 0 radical (unpaired) electrons. The van der Waals surface area contributed by atoms with E-state index in [1.54, 1.807) is 0 Å². The molecule has 19 heavy (non-hydrogen) atoms. The number of hydrogen-bond acceptors (Lipinski definition) is 2. The Morgan fingerprint density at radius 1 is 1.21 bits per heavy atom. The minimum Gasteiger partial charge on any atom is -0.384 e. The highest BCUT2D eigenvalue weighted by atomic mass is 79.9. The van der Waals surface area contributed by atoms with Crippen LogP contribution < -0.4 is 5.32 Å². The van der Waals surface area contributed by atoms with Gasteiger partial charge < -0.3 is 5.32 Å². The summed E-state index contributed by atoms with van der Waals surface area (Å²) in [5, 5.41) is 3.51. The Morgan fingerprint density at radius 3 is 2.42 bits per heavy atom. The third kappa shape index (κ3) is 4.48. The minimum absolute atomic E-state index is 0.480. The average molecular weight is 325 g/mol. The van der Waals surface area contributed by atoms with Gasteiger partial charge in [-0.25, -0.2) is 4.98 Å². The van der Waals surface area contributed by atoms with Gasteiger partial charge in [0.05, 0.1) is 11.9 Å². The lowest BCUT2D eigenvalue weighted by molar-refractivity contribution is 0.153. The molecule has 3 heteroatoms. The second-order valence-electron chi connectivity index (χ2n) is 6.83. The van der Waals surface area contributed by atoms with E-state index >= 15 is 0 Å². The largest absolute Gasteiger partial charge is 0.384 e. The van der Waals surface area contributed by atoms with Crippen molar-refractivity contribution in [1.29, 1.82) is 0 Å². The summed E-state index contributed by atoms with van der Waals surface area (Å²) in [7, 11) is 0. The van der Waals surface area contributed by atoms with Crippen LogP contribution in [0.1, 0.15) is 46.5 Å². The smallest absolute Gasteiger partial charge is 0.106 e. The summed E-state index contributed by atoms with van der Waals surface area (Å²) in [4.78, 5) is 4.24. The fourth-order valence-electron chi connectivity index (χ4n) is 2.98. The van der Waals surface area contributed by atoms with Crippen LogP contribution in [0.25, 0.3) is 0 Å². The van der Waals surface area contributed by atoms with Gasteiger partial charge in [-0.05, 0) is 71.0 Å². The minimum atomic E-state index is 0.480. The zero-order chi connectivity index (χ0) is 13.9. The number of rotatable bonds is 3. The van der Waals surface area contributed by atoms with Gasteiger partial charge in [-0.2, -0.15) is 0 Å². The van der Waals surface area contributed by atoms with E-state index in [9.17, 15) is 0 Å². The molecule has 1 fully saturated rings. The normalized spacial score (nSPS) is 24.2. The number of pyridine rings is 1. The van der Waals surface area contributed by atoms with Crippen LogP contribution in [0.2, 0.25) is 0 Å². The summed E-state index contributed by atoms with van der Waals surface area (Å²) >= 11 is 3.36. The molecular weight excluding hydrogens is 300 g/mol. The number of hydrogen-bond donors (Lipinski definition) is 1. The molecule has 1 aliphatic rings. The predicted octanol–water partition coefficient (Wildman–Crippen LogP) is 5.11. The third-order valence-electron chi connectivity index (χ3n) is 4.39. The summed E-state index contributed by atoms with van der Waals surface area (Å²) in [6, 6.07) is 4.07. The summed E-state index contributed by atoms with van der Waals surface area (Å²) in [5.41, 5.74) is 1.61. The van der Waals surface area contributed by atoms with Gasteiger partial charge in [0.1, 0.15) is 4.60 Å². The number of nitrogens with one attached hydrogen (secondary N) is 1. The maximum atomic E-state index is 4.24. The van der Waals surface area contributed by atoms with Gasteiger partial charge >= 0.3 is 0 Å². The number of nitrogens with zero attached hydrogens (tertiary/aromatic N) is 1. The number of aromatic nitrogens is 1. The monoisotopic (exact) mass is 324 g/mol. The van der Waals surface area contributed by atoms with E-state index in [4.69, 9.17) is 0 Å². The highest BCUT2D eigenvalue weighted by molar-refractivity contribution is 9.10. The molecule has 0 amide bonds. The quantitative estimate of drug-likeness (QED) is 0.781. The second-order valence-corrected chi connectivity index (χ2v) is 7.65. The molecule has 0 bridgehead atoms. The fraction of sp³-hybridized carbons (Fsp3) is 0.688. The molecule has 1 aromatic rings. The Bertz CT molecular complexity index is 386. The lowest BCUT2D eigenvalue weighted by Crippen LogP contribution is -2.28. The van der Waals surface area contributed by atoms with Crippen LogP contribution in [0.5, 0.6) is 0 Å². The highest BCUT2D eigenvalue weighted by Gasteiger charge is 2.29. The summed E-state index contributed by atoms with van der Waals surface area (Å²) in [6.07, 6.45) is 7.38. The predicted molar refractivity (Wildman–Crippen MR) is 85.3 cm³/mol. The molecule has 1 aromatic heterocycles. The summed E-state index contributed by atoms with van der Waals surface area (Å²) in [5.74, 6) is 1.72. The first-order valence-corrected chi connectivity index (χ1v) is 8.10. The van der Waals surface area contributed by atoms with E-state index in [1.807, 2.05) is 12.3 Å². The van der Waals surface area contributed by atoms with Crippen molar-refractivity contribution in [2.24, 2.45) is 17.3 Å². The Balaban J connectivity index is 1.75. The Kier molecular flexibility index (Phi) is 4.88. The van der Waals surface area contributed by atoms with E-state index in [0.717, 1.165) is 28.7 Å². The molecule has 0 atom stereocenters. The van der Waals surface area contributed by atoms with Crippen molar-refractivity contribution in [2.75, 3.05) is 11.9 Å². The lowest BCUT2D eigenvalue weighted by Gasteiger charge is -2.37. The average Bonchev–Trinajstić information content (AvgIpc) is 2.37. The summed E-state index contributed by atoms with van der Waals surface area (Å²) < 4.78 is 0.892. The van der Waals surface area contributed by atoms with Crippen molar-refractivity contribution in [1.82, 2.24) is 4.98 Å². The van der Waals surface area contributed by atoms with Crippen LogP contribution in [0.15, 0.2) is 22.9 Å². The van der Waals surface area contributed by atoms with Crippen molar-refractivity contribution < 1.29 is 0 Å². The van der Waals surface area contributed by atoms with E-state index in [2.05, 4.69) is 53.1 Å². The third-order valence-corrected chi connectivity index (χ3v) is 4.86. The van der Waals surface area contributed by atoms with E-state index in [1.165, 1.54) is 25.7 Å². The van der Waals surface area contributed by atoms with E-state index < -0.39 is 0 Å². The zero-order valence-electron chi connectivity index (χ0n) is 12.2. The molecule has 0 unspecified atom stereocenters. The van der Waals surface area contributed by atoms with Gasteiger partial charge in [0.25, 0.3) is 0 Å². The van der Waals surface area contributed by atoms with Crippen LogP contribution in [-0.4, -0.2) is 11.5 Å². The molecule has 1 saturated carbocycles. The second kappa shape index (κ2) is 6.25.